The summed E-state index contributed by atoms with van der Waals surface area (Å²) in [4.78, 5) is 59.0. The minimum absolute atomic E-state index is 0.0260. The third-order valence-corrected chi connectivity index (χ3v) is 4.43. The zero-order chi connectivity index (χ0) is 24.1. The maximum Gasteiger partial charge on any atom is 0.408 e. The number of carbonyl (C=O) groups is 5. The van der Waals surface area contributed by atoms with Crippen molar-refractivity contribution in [2.45, 2.75) is 64.6 Å². The van der Waals surface area contributed by atoms with Crippen molar-refractivity contribution in [1.29, 1.82) is 0 Å². The van der Waals surface area contributed by atoms with Gasteiger partial charge in [0.25, 0.3) is 0 Å². The number of alkyl carbamates (subject to hydrolysis) is 1. The van der Waals surface area contributed by atoms with Crippen LogP contribution in [0.5, 0.6) is 0 Å². The van der Waals surface area contributed by atoms with Crippen molar-refractivity contribution >= 4 is 29.7 Å². The Labute approximate surface area is 186 Å². The van der Waals surface area contributed by atoms with Gasteiger partial charge in [-0.15, -0.1) is 0 Å². The summed E-state index contributed by atoms with van der Waals surface area (Å²) in [6.45, 7) is 3.67. The Bertz CT molecular complexity index is 794. The number of carbonyl (C=O) groups excluding carboxylic acids is 3. The first-order chi connectivity index (χ1) is 15.1. The van der Waals surface area contributed by atoms with Crippen LogP contribution in [0.3, 0.4) is 0 Å². The smallest absolute Gasteiger partial charge is 0.408 e. The maximum atomic E-state index is 12.6. The van der Waals surface area contributed by atoms with Crippen LogP contribution >= 0.6 is 0 Å². The van der Waals surface area contributed by atoms with Crippen LogP contribution in [-0.4, -0.2) is 52.0 Å². The zero-order valence-electron chi connectivity index (χ0n) is 18.2. The van der Waals surface area contributed by atoms with Crippen molar-refractivity contribution < 1.29 is 38.9 Å². The second-order valence-corrected chi connectivity index (χ2v) is 7.77. The number of amides is 2. The lowest BCUT2D eigenvalue weighted by molar-refractivity contribution is -0.143. The summed E-state index contributed by atoms with van der Waals surface area (Å²) in [5, 5.41) is 22.8. The largest absolute Gasteiger partial charge is 0.481 e. The van der Waals surface area contributed by atoms with E-state index in [1.165, 1.54) is 0 Å². The number of hydrogen-bond donors (Lipinski definition) is 4. The first-order valence-corrected chi connectivity index (χ1v) is 10.3. The second kappa shape index (κ2) is 13.8. The van der Waals surface area contributed by atoms with Crippen molar-refractivity contribution in [3.05, 3.63) is 35.9 Å². The van der Waals surface area contributed by atoms with Crippen LogP contribution in [-0.2, 0) is 30.5 Å². The van der Waals surface area contributed by atoms with E-state index in [4.69, 9.17) is 9.84 Å². The average molecular weight is 450 g/mol. The molecule has 0 aliphatic heterocycles. The predicted molar refractivity (Wildman–Crippen MR) is 114 cm³/mol. The fourth-order valence-corrected chi connectivity index (χ4v) is 2.84. The summed E-state index contributed by atoms with van der Waals surface area (Å²) >= 11 is 0. The highest BCUT2D eigenvalue weighted by Crippen LogP contribution is 2.08. The highest BCUT2D eigenvalue weighted by Gasteiger charge is 2.28. The summed E-state index contributed by atoms with van der Waals surface area (Å²) in [6.07, 6.45) is -1.48. The SMILES string of the molecule is CC(C)CC(=O)CCC(NC(=O)C(CCC(=O)O)NC(=O)OCc1ccccc1)C(=O)O. The van der Waals surface area contributed by atoms with Gasteiger partial charge < -0.3 is 25.6 Å². The zero-order valence-corrected chi connectivity index (χ0v) is 18.2. The Hall–Kier alpha value is -3.43. The van der Waals surface area contributed by atoms with Crippen molar-refractivity contribution in [2.75, 3.05) is 0 Å². The molecule has 0 fully saturated rings. The molecule has 1 aromatic carbocycles. The molecule has 4 N–H and O–H groups in total. The highest BCUT2D eigenvalue weighted by molar-refractivity contribution is 5.90. The van der Waals surface area contributed by atoms with Gasteiger partial charge in [-0.1, -0.05) is 44.2 Å². The Balaban J connectivity index is 2.71. The van der Waals surface area contributed by atoms with Crippen LogP contribution in [0.1, 0.15) is 51.5 Å². The number of carboxylic acids is 2. The van der Waals surface area contributed by atoms with Crippen LogP contribution in [0, 0.1) is 5.92 Å². The predicted octanol–water partition coefficient (Wildman–Crippen LogP) is 2.11. The number of aliphatic carboxylic acids is 2. The Morgan fingerprint density at radius 1 is 0.906 bits per heavy atom. The molecule has 1 aromatic rings. The summed E-state index contributed by atoms with van der Waals surface area (Å²) < 4.78 is 5.05. The molecule has 176 valence electrons. The third-order valence-electron chi connectivity index (χ3n) is 4.43. The van der Waals surface area contributed by atoms with Gasteiger partial charge in [0.1, 0.15) is 24.5 Å². The van der Waals surface area contributed by atoms with Gasteiger partial charge in [-0.3, -0.25) is 14.4 Å². The fourth-order valence-electron chi connectivity index (χ4n) is 2.84. The average Bonchev–Trinajstić information content (AvgIpc) is 2.72. The van der Waals surface area contributed by atoms with Gasteiger partial charge in [0.05, 0.1) is 0 Å². The van der Waals surface area contributed by atoms with Crippen molar-refractivity contribution in [3.8, 4) is 0 Å². The summed E-state index contributed by atoms with van der Waals surface area (Å²) in [5.41, 5.74) is 0.714. The first kappa shape index (κ1) is 26.6. The Morgan fingerprint density at radius 2 is 1.53 bits per heavy atom. The Kier molecular flexibility index (Phi) is 11.5. The summed E-state index contributed by atoms with van der Waals surface area (Å²) in [5.74, 6) is -3.38. The number of carboxylic acid groups (broad SMARTS) is 2. The van der Waals surface area contributed by atoms with Gasteiger partial charge in [0.2, 0.25) is 5.91 Å². The summed E-state index contributed by atoms with van der Waals surface area (Å²) in [6, 6.07) is 6.12. The normalized spacial score (nSPS) is 12.5. The molecule has 10 nitrogen and oxygen atoms in total. The lowest BCUT2D eigenvalue weighted by Gasteiger charge is -2.21. The molecule has 32 heavy (non-hydrogen) atoms. The standard InChI is InChI=1S/C22H30N2O8/c1-14(2)12-16(25)8-9-18(21(29)30)23-20(28)17(10-11-19(26)27)24-22(31)32-13-15-6-4-3-5-7-15/h3-7,14,17-18H,8-13H2,1-2H3,(H,23,28)(H,24,31)(H,26,27)(H,29,30). The van der Waals surface area contributed by atoms with Crippen LogP contribution in [0.15, 0.2) is 30.3 Å². The van der Waals surface area contributed by atoms with Gasteiger partial charge in [-0.2, -0.15) is 0 Å². The number of benzene rings is 1. The van der Waals surface area contributed by atoms with E-state index in [0.29, 0.717) is 12.0 Å². The first-order valence-electron chi connectivity index (χ1n) is 10.3. The molecular weight excluding hydrogens is 420 g/mol. The van der Waals surface area contributed by atoms with Crippen LogP contribution in [0.25, 0.3) is 0 Å². The van der Waals surface area contributed by atoms with E-state index in [-0.39, 0.29) is 37.6 Å². The number of ether oxygens (including phenoxy) is 1. The third kappa shape index (κ3) is 11.1. The van der Waals surface area contributed by atoms with E-state index in [2.05, 4.69) is 10.6 Å². The lowest BCUT2D eigenvalue weighted by Crippen LogP contribution is -2.51. The summed E-state index contributed by atoms with van der Waals surface area (Å²) in [7, 11) is 0. The van der Waals surface area contributed by atoms with E-state index < -0.39 is 42.4 Å². The minimum atomic E-state index is -1.35. The topological polar surface area (TPSA) is 159 Å². The van der Waals surface area contributed by atoms with Gasteiger partial charge >= 0.3 is 18.0 Å². The fraction of sp³-hybridized carbons (Fsp3) is 0.500. The minimum Gasteiger partial charge on any atom is -0.481 e. The maximum absolute atomic E-state index is 12.6. The van der Waals surface area contributed by atoms with E-state index in [0.717, 1.165) is 0 Å². The van der Waals surface area contributed by atoms with Crippen LogP contribution in [0.4, 0.5) is 4.79 Å². The highest BCUT2D eigenvalue weighted by atomic mass is 16.5. The van der Waals surface area contributed by atoms with Crippen LogP contribution in [0.2, 0.25) is 0 Å². The lowest BCUT2D eigenvalue weighted by atomic mass is 10.0. The number of rotatable bonds is 14. The van der Waals surface area contributed by atoms with Crippen molar-refractivity contribution in [2.24, 2.45) is 5.92 Å². The monoisotopic (exact) mass is 450 g/mol. The number of hydrogen-bond acceptors (Lipinski definition) is 6. The van der Waals surface area contributed by atoms with Crippen molar-refractivity contribution in [3.63, 3.8) is 0 Å². The molecule has 0 heterocycles. The molecule has 10 heteroatoms. The molecule has 0 saturated heterocycles. The van der Waals surface area contributed by atoms with E-state index >= 15 is 0 Å². The molecule has 0 aliphatic carbocycles. The quantitative estimate of drug-likeness (QED) is 0.335. The van der Waals surface area contributed by atoms with Crippen LogP contribution < -0.4 is 10.6 Å². The molecule has 0 aliphatic rings. The van der Waals surface area contributed by atoms with E-state index in [9.17, 15) is 29.1 Å². The molecule has 0 bridgehead atoms. The number of Topliss-reactive ketones (excluding diaryl/α,β-unsaturated/α-hetero) is 1. The molecule has 0 radical (unpaired) electrons. The number of ketones is 1. The van der Waals surface area contributed by atoms with Crippen molar-refractivity contribution in [1.82, 2.24) is 10.6 Å². The molecule has 2 amide bonds. The molecule has 0 aromatic heterocycles. The molecular formula is C22H30N2O8. The Morgan fingerprint density at radius 3 is 2.09 bits per heavy atom. The molecule has 0 saturated carbocycles. The molecule has 2 unspecified atom stereocenters. The van der Waals surface area contributed by atoms with Gasteiger partial charge in [-0.05, 0) is 24.3 Å². The molecule has 1 rings (SSSR count). The second-order valence-electron chi connectivity index (χ2n) is 7.77. The molecule has 2 atom stereocenters. The van der Waals surface area contributed by atoms with Gasteiger partial charge in [0, 0.05) is 19.3 Å². The van der Waals surface area contributed by atoms with Gasteiger partial charge in [-0.25, -0.2) is 9.59 Å². The molecule has 0 spiro atoms. The van der Waals surface area contributed by atoms with E-state index in [1.807, 2.05) is 13.8 Å². The number of nitrogens with one attached hydrogen (secondary N) is 2. The van der Waals surface area contributed by atoms with Gasteiger partial charge in [0.15, 0.2) is 0 Å². The van der Waals surface area contributed by atoms with E-state index in [1.54, 1.807) is 30.3 Å².